The number of benzene rings is 1. The zero-order valence-corrected chi connectivity index (χ0v) is 15.2. The lowest BCUT2D eigenvalue weighted by Crippen LogP contribution is -2.37. The van der Waals surface area contributed by atoms with Gasteiger partial charge in [-0.3, -0.25) is 0 Å². The summed E-state index contributed by atoms with van der Waals surface area (Å²) in [7, 11) is 0. The van der Waals surface area contributed by atoms with Crippen molar-refractivity contribution >= 4 is 23.5 Å². The van der Waals surface area contributed by atoms with Crippen molar-refractivity contribution in [3.63, 3.8) is 0 Å². The van der Waals surface area contributed by atoms with Crippen molar-refractivity contribution in [3.8, 4) is 0 Å². The minimum absolute atomic E-state index is 0.139. The normalized spacial score (nSPS) is 13.9. The average molecular weight is 374 g/mol. The van der Waals surface area contributed by atoms with E-state index >= 15 is 0 Å². The third kappa shape index (κ3) is 5.52. The molecular weight excluding hydrogens is 351 g/mol. The fourth-order valence-electron chi connectivity index (χ4n) is 2.66. The lowest BCUT2D eigenvalue weighted by atomic mass is 10.3. The first-order valence-electron chi connectivity index (χ1n) is 8.83. The molecular formula is C18H23FN6O2. The predicted octanol–water partition coefficient (Wildman–Crippen LogP) is 1.99. The highest BCUT2D eigenvalue weighted by Gasteiger charge is 2.14. The Labute approximate surface area is 157 Å². The smallest absolute Gasteiger partial charge is 0.319 e. The number of ether oxygens (including phenoxy) is 1. The maximum Gasteiger partial charge on any atom is 0.319 e. The Morgan fingerprint density at radius 2 is 2.00 bits per heavy atom. The lowest BCUT2D eigenvalue weighted by Gasteiger charge is -2.28. The summed E-state index contributed by atoms with van der Waals surface area (Å²) in [6, 6.07) is 7.48. The topological polar surface area (TPSA) is 91.4 Å². The van der Waals surface area contributed by atoms with E-state index < -0.39 is 11.8 Å². The number of urea groups is 1. The zero-order chi connectivity index (χ0) is 19.1. The highest BCUT2D eigenvalue weighted by atomic mass is 19.1. The summed E-state index contributed by atoms with van der Waals surface area (Å²) in [6.45, 7) is 5.67. The van der Waals surface area contributed by atoms with Crippen LogP contribution in [0.2, 0.25) is 0 Å². The number of nitrogens with zero attached hydrogens (tertiary/aromatic N) is 3. The summed E-state index contributed by atoms with van der Waals surface area (Å²) in [5, 5.41) is 8.23. The summed E-state index contributed by atoms with van der Waals surface area (Å²) in [5.74, 6) is 0.890. The summed E-state index contributed by atoms with van der Waals surface area (Å²) in [6.07, 6.45) is 0. The van der Waals surface area contributed by atoms with Crippen LogP contribution in [0.5, 0.6) is 0 Å². The van der Waals surface area contributed by atoms with Gasteiger partial charge in [0, 0.05) is 37.9 Å². The van der Waals surface area contributed by atoms with E-state index in [1.165, 1.54) is 12.1 Å². The first-order valence-corrected chi connectivity index (χ1v) is 8.83. The van der Waals surface area contributed by atoms with Crippen molar-refractivity contribution in [1.82, 2.24) is 15.3 Å². The minimum Gasteiger partial charge on any atom is -0.378 e. The van der Waals surface area contributed by atoms with Crippen molar-refractivity contribution in [2.75, 3.05) is 54.9 Å². The number of carbonyl (C=O) groups is 1. The minimum atomic E-state index is -0.477. The first-order chi connectivity index (χ1) is 13.1. The van der Waals surface area contributed by atoms with E-state index in [0.717, 1.165) is 24.6 Å². The van der Waals surface area contributed by atoms with E-state index in [4.69, 9.17) is 4.74 Å². The fourth-order valence-corrected chi connectivity index (χ4v) is 2.66. The molecule has 0 saturated carbocycles. The number of aryl methyl sites for hydroxylation is 1. The van der Waals surface area contributed by atoms with Crippen molar-refractivity contribution in [1.29, 1.82) is 0 Å². The second kappa shape index (κ2) is 9.13. The average Bonchev–Trinajstić information content (AvgIpc) is 2.67. The number of hydrogen-bond acceptors (Lipinski definition) is 6. The molecule has 1 saturated heterocycles. The number of halogens is 1. The Kier molecular flexibility index (Phi) is 6.37. The molecule has 2 amide bonds. The molecule has 2 aromatic rings. The maximum atomic E-state index is 13.5. The van der Waals surface area contributed by atoms with Gasteiger partial charge < -0.3 is 25.6 Å². The number of para-hydroxylation sites is 1. The molecule has 0 spiro atoms. The molecule has 2 heterocycles. The van der Waals surface area contributed by atoms with Gasteiger partial charge in [-0.2, -0.15) is 4.98 Å². The van der Waals surface area contributed by atoms with Gasteiger partial charge in [-0.05, 0) is 19.1 Å². The molecule has 9 heteroatoms. The van der Waals surface area contributed by atoms with Crippen molar-refractivity contribution in [2.24, 2.45) is 0 Å². The Bertz CT molecular complexity index is 782. The van der Waals surface area contributed by atoms with Gasteiger partial charge >= 0.3 is 6.03 Å². The van der Waals surface area contributed by atoms with Crippen LogP contribution in [-0.2, 0) is 4.74 Å². The maximum absolute atomic E-state index is 13.5. The number of hydrogen-bond donors (Lipinski definition) is 3. The quantitative estimate of drug-likeness (QED) is 0.670. The van der Waals surface area contributed by atoms with Crippen LogP contribution in [0.25, 0.3) is 0 Å². The fraction of sp³-hybridized carbons (Fsp3) is 0.389. The highest BCUT2D eigenvalue weighted by Crippen LogP contribution is 2.16. The van der Waals surface area contributed by atoms with Gasteiger partial charge in [0.05, 0.1) is 18.9 Å². The Hall–Kier alpha value is -2.94. The largest absolute Gasteiger partial charge is 0.378 e. The van der Waals surface area contributed by atoms with Gasteiger partial charge in [-0.1, -0.05) is 12.1 Å². The summed E-state index contributed by atoms with van der Waals surface area (Å²) >= 11 is 0. The lowest BCUT2D eigenvalue weighted by molar-refractivity contribution is 0.122. The predicted molar refractivity (Wildman–Crippen MR) is 102 cm³/mol. The van der Waals surface area contributed by atoms with Gasteiger partial charge in [-0.15, -0.1) is 0 Å². The van der Waals surface area contributed by atoms with E-state index in [0.29, 0.717) is 32.3 Å². The molecule has 0 bridgehead atoms. The Morgan fingerprint density at radius 1 is 1.22 bits per heavy atom. The second-order valence-electron chi connectivity index (χ2n) is 6.08. The molecule has 8 nitrogen and oxygen atoms in total. The third-order valence-electron chi connectivity index (χ3n) is 3.99. The molecule has 1 fully saturated rings. The second-order valence-corrected chi connectivity index (χ2v) is 6.08. The van der Waals surface area contributed by atoms with E-state index in [-0.39, 0.29) is 5.69 Å². The van der Waals surface area contributed by atoms with Crippen LogP contribution in [0.15, 0.2) is 30.3 Å². The number of nitrogens with one attached hydrogen (secondary N) is 3. The summed E-state index contributed by atoms with van der Waals surface area (Å²) in [4.78, 5) is 22.9. The molecule has 3 rings (SSSR count). The Balaban J connectivity index is 1.46. The Morgan fingerprint density at radius 3 is 2.78 bits per heavy atom. The van der Waals surface area contributed by atoms with Crippen LogP contribution >= 0.6 is 0 Å². The van der Waals surface area contributed by atoms with Gasteiger partial charge in [0.25, 0.3) is 0 Å². The molecule has 144 valence electrons. The molecule has 1 aliphatic rings. The van der Waals surface area contributed by atoms with E-state index in [9.17, 15) is 9.18 Å². The number of carbonyl (C=O) groups excluding carboxylic acids is 1. The summed E-state index contributed by atoms with van der Waals surface area (Å²) < 4.78 is 18.9. The molecule has 1 aromatic carbocycles. The van der Waals surface area contributed by atoms with Crippen LogP contribution in [0.3, 0.4) is 0 Å². The third-order valence-corrected chi connectivity index (χ3v) is 3.99. The van der Waals surface area contributed by atoms with Gasteiger partial charge in [-0.25, -0.2) is 14.2 Å². The van der Waals surface area contributed by atoms with Crippen LogP contribution < -0.4 is 20.9 Å². The van der Waals surface area contributed by atoms with Crippen LogP contribution in [0.1, 0.15) is 5.69 Å². The van der Waals surface area contributed by atoms with Crippen molar-refractivity contribution in [3.05, 3.63) is 41.8 Å². The van der Waals surface area contributed by atoms with Crippen molar-refractivity contribution in [2.45, 2.75) is 6.92 Å². The van der Waals surface area contributed by atoms with Crippen molar-refractivity contribution < 1.29 is 13.9 Å². The highest BCUT2D eigenvalue weighted by molar-refractivity contribution is 5.89. The molecule has 1 aromatic heterocycles. The SMILES string of the molecule is Cc1cc(N2CCOCC2)nc(NCCNC(=O)Nc2ccccc2F)n1. The van der Waals surface area contributed by atoms with Crippen LogP contribution in [-0.4, -0.2) is 55.4 Å². The number of rotatable bonds is 6. The van der Waals surface area contributed by atoms with E-state index in [2.05, 4.69) is 30.8 Å². The monoisotopic (exact) mass is 374 g/mol. The number of aromatic nitrogens is 2. The van der Waals surface area contributed by atoms with E-state index in [1.54, 1.807) is 12.1 Å². The van der Waals surface area contributed by atoms with Crippen LogP contribution in [0, 0.1) is 12.7 Å². The zero-order valence-electron chi connectivity index (χ0n) is 15.2. The molecule has 0 aliphatic carbocycles. The molecule has 1 aliphatic heterocycles. The van der Waals surface area contributed by atoms with Gasteiger partial charge in [0.15, 0.2) is 0 Å². The van der Waals surface area contributed by atoms with E-state index in [1.807, 2.05) is 13.0 Å². The molecule has 0 unspecified atom stereocenters. The first kappa shape index (κ1) is 18.8. The number of morpholine rings is 1. The molecule has 0 atom stereocenters. The molecule has 27 heavy (non-hydrogen) atoms. The number of anilines is 3. The summed E-state index contributed by atoms with van der Waals surface area (Å²) in [5.41, 5.74) is 0.999. The molecule has 0 radical (unpaired) electrons. The number of amides is 2. The molecule has 3 N–H and O–H groups in total. The van der Waals surface area contributed by atoms with Crippen LogP contribution in [0.4, 0.5) is 26.6 Å². The van der Waals surface area contributed by atoms with Gasteiger partial charge in [0.2, 0.25) is 5.95 Å². The standard InChI is InChI=1S/C18H23FN6O2/c1-13-12-16(25-8-10-27-11-9-25)24-17(22-13)20-6-7-21-18(26)23-15-5-3-2-4-14(15)19/h2-5,12H,6-11H2,1H3,(H,20,22,24)(H2,21,23,26). The van der Waals surface area contributed by atoms with Gasteiger partial charge in [0.1, 0.15) is 11.6 Å².